The lowest BCUT2D eigenvalue weighted by Gasteiger charge is -2.34. The molecule has 1 unspecified atom stereocenters. The quantitative estimate of drug-likeness (QED) is 0.592. The van der Waals surface area contributed by atoms with E-state index in [1.807, 2.05) is 0 Å². The van der Waals surface area contributed by atoms with Gasteiger partial charge in [0.15, 0.2) is 0 Å². The van der Waals surface area contributed by atoms with Crippen LogP contribution in [0.25, 0.3) is 0 Å². The Labute approximate surface area is 109 Å². The maximum absolute atomic E-state index is 11.2. The zero-order valence-corrected chi connectivity index (χ0v) is 10.4. The summed E-state index contributed by atoms with van der Waals surface area (Å²) in [5.41, 5.74) is 0.218. The topological polar surface area (TPSA) is 109 Å². The van der Waals surface area contributed by atoms with Crippen LogP contribution in [0.2, 0.25) is 0 Å². The highest BCUT2D eigenvalue weighted by Crippen LogP contribution is 2.22. The Kier molecular flexibility index (Phi) is 3.61. The number of nitrogens with zero attached hydrogens (tertiary/aromatic N) is 3. The maximum atomic E-state index is 11.2. The Bertz CT molecular complexity index is 519. The molecule has 1 fully saturated rings. The number of rotatable bonds is 3. The minimum Gasteiger partial charge on any atom is -0.480 e. The van der Waals surface area contributed by atoms with Crippen LogP contribution >= 0.6 is 0 Å². The van der Waals surface area contributed by atoms with Crippen LogP contribution in [0.5, 0.6) is 0 Å². The fraction of sp³-hybridized carbons (Fsp3) is 0.455. The van der Waals surface area contributed by atoms with E-state index in [2.05, 4.69) is 10.3 Å². The molecular formula is C11H14N4O4. The van der Waals surface area contributed by atoms with Crippen molar-refractivity contribution in [1.82, 2.24) is 10.3 Å². The minimum atomic E-state index is -0.940. The summed E-state index contributed by atoms with van der Waals surface area (Å²) in [7, 11) is 0. The van der Waals surface area contributed by atoms with Crippen molar-refractivity contribution < 1.29 is 14.8 Å². The Morgan fingerprint density at radius 3 is 2.95 bits per heavy atom. The molecule has 8 heteroatoms. The van der Waals surface area contributed by atoms with E-state index in [9.17, 15) is 14.9 Å². The van der Waals surface area contributed by atoms with E-state index in [0.29, 0.717) is 25.5 Å². The van der Waals surface area contributed by atoms with Gasteiger partial charge >= 0.3 is 5.97 Å². The van der Waals surface area contributed by atoms with Gasteiger partial charge in [-0.2, -0.15) is 0 Å². The number of hydrogen-bond donors (Lipinski definition) is 2. The molecular weight excluding hydrogens is 252 g/mol. The van der Waals surface area contributed by atoms with E-state index in [0.717, 1.165) is 0 Å². The molecule has 0 radical (unpaired) electrons. The van der Waals surface area contributed by atoms with Gasteiger partial charge in [0.1, 0.15) is 17.6 Å². The molecule has 19 heavy (non-hydrogen) atoms. The number of carboxylic acids is 1. The van der Waals surface area contributed by atoms with Crippen molar-refractivity contribution in [2.24, 2.45) is 0 Å². The van der Waals surface area contributed by atoms with Crippen molar-refractivity contribution in [3.05, 3.63) is 27.9 Å². The summed E-state index contributed by atoms with van der Waals surface area (Å²) in [6, 6.07) is 2.15. The average molecular weight is 266 g/mol. The molecule has 1 atom stereocenters. The number of aryl methyl sites for hydroxylation is 1. The van der Waals surface area contributed by atoms with E-state index in [1.54, 1.807) is 11.8 Å². The van der Waals surface area contributed by atoms with E-state index in [-0.39, 0.29) is 11.4 Å². The normalized spacial score (nSPS) is 19.2. The molecule has 1 aliphatic rings. The summed E-state index contributed by atoms with van der Waals surface area (Å²) in [5, 5.41) is 22.9. The van der Waals surface area contributed by atoms with Crippen LogP contribution in [0.3, 0.4) is 0 Å². The van der Waals surface area contributed by atoms with Gasteiger partial charge in [-0.05, 0) is 13.0 Å². The van der Waals surface area contributed by atoms with Gasteiger partial charge in [0.25, 0.3) is 5.69 Å². The monoisotopic (exact) mass is 266 g/mol. The number of aliphatic carboxylic acids is 1. The largest absolute Gasteiger partial charge is 0.480 e. The van der Waals surface area contributed by atoms with Gasteiger partial charge in [-0.3, -0.25) is 10.1 Å². The smallest absolute Gasteiger partial charge is 0.327 e. The molecule has 1 aliphatic heterocycles. The summed E-state index contributed by atoms with van der Waals surface area (Å²) >= 11 is 0. The van der Waals surface area contributed by atoms with Crippen LogP contribution < -0.4 is 10.2 Å². The summed E-state index contributed by atoms with van der Waals surface area (Å²) < 4.78 is 0. The SMILES string of the molecule is Cc1nc(N2CCNCC2C(=O)O)ccc1[N+](=O)[O-]. The van der Waals surface area contributed by atoms with Crippen molar-refractivity contribution >= 4 is 17.5 Å². The minimum absolute atomic E-state index is 0.0641. The van der Waals surface area contributed by atoms with Crippen molar-refractivity contribution in [2.45, 2.75) is 13.0 Å². The lowest BCUT2D eigenvalue weighted by molar-refractivity contribution is -0.385. The van der Waals surface area contributed by atoms with E-state index < -0.39 is 16.9 Å². The van der Waals surface area contributed by atoms with Crippen LogP contribution in [-0.2, 0) is 4.79 Å². The van der Waals surface area contributed by atoms with Gasteiger partial charge < -0.3 is 15.3 Å². The van der Waals surface area contributed by atoms with Crippen LogP contribution in [0.4, 0.5) is 11.5 Å². The Morgan fingerprint density at radius 1 is 1.63 bits per heavy atom. The Morgan fingerprint density at radius 2 is 2.37 bits per heavy atom. The third-order valence-electron chi connectivity index (χ3n) is 3.06. The predicted octanol–water partition coefficient (Wildman–Crippen LogP) is 0.161. The third kappa shape index (κ3) is 2.63. The van der Waals surface area contributed by atoms with Gasteiger partial charge in [-0.25, -0.2) is 9.78 Å². The molecule has 0 saturated carbocycles. The Balaban J connectivity index is 2.32. The maximum Gasteiger partial charge on any atom is 0.327 e. The van der Waals surface area contributed by atoms with E-state index >= 15 is 0 Å². The van der Waals surface area contributed by atoms with Gasteiger partial charge in [-0.1, -0.05) is 0 Å². The molecule has 0 spiro atoms. The van der Waals surface area contributed by atoms with E-state index in [1.165, 1.54) is 12.1 Å². The van der Waals surface area contributed by atoms with Crippen LogP contribution in [0, 0.1) is 17.0 Å². The fourth-order valence-corrected chi connectivity index (χ4v) is 2.09. The molecule has 8 nitrogen and oxygen atoms in total. The standard InChI is InChI=1S/C11H14N4O4/c1-7-8(15(18)19)2-3-10(13-7)14-5-4-12-6-9(14)11(16)17/h2-3,9,12H,4-6H2,1H3,(H,16,17). The molecule has 1 aromatic heterocycles. The van der Waals surface area contributed by atoms with Crippen LogP contribution in [-0.4, -0.2) is 46.7 Å². The van der Waals surface area contributed by atoms with Crippen molar-refractivity contribution in [3.8, 4) is 0 Å². The lowest BCUT2D eigenvalue weighted by Crippen LogP contribution is -2.55. The van der Waals surface area contributed by atoms with Gasteiger partial charge in [-0.15, -0.1) is 0 Å². The lowest BCUT2D eigenvalue weighted by atomic mass is 10.2. The molecule has 0 bridgehead atoms. The van der Waals surface area contributed by atoms with E-state index in [4.69, 9.17) is 5.11 Å². The molecule has 2 heterocycles. The van der Waals surface area contributed by atoms with Crippen molar-refractivity contribution in [3.63, 3.8) is 0 Å². The molecule has 2 N–H and O–H groups in total. The number of aromatic nitrogens is 1. The molecule has 2 rings (SSSR count). The summed E-state index contributed by atoms with van der Waals surface area (Å²) in [4.78, 5) is 27.2. The first kappa shape index (κ1) is 13.2. The number of carboxylic acid groups (broad SMARTS) is 1. The number of piperazine rings is 1. The summed E-state index contributed by atoms with van der Waals surface area (Å²) in [6.07, 6.45) is 0. The zero-order chi connectivity index (χ0) is 14.0. The first-order valence-electron chi connectivity index (χ1n) is 5.83. The van der Waals surface area contributed by atoms with Gasteiger partial charge in [0.05, 0.1) is 4.92 Å². The van der Waals surface area contributed by atoms with Crippen LogP contribution in [0.1, 0.15) is 5.69 Å². The highest BCUT2D eigenvalue weighted by Gasteiger charge is 2.29. The molecule has 0 aromatic carbocycles. The molecule has 0 amide bonds. The summed E-state index contributed by atoms with van der Waals surface area (Å²) in [6.45, 7) is 3.02. The fourth-order valence-electron chi connectivity index (χ4n) is 2.09. The molecule has 102 valence electrons. The second-order valence-corrected chi connectivity index (χ2v) is 4.28. The first-order chi connectivity index (χ1) is 9.00. The van der Waals surface area contributed by atoms with Gasteiger partial charge in [0.2, 0.25) is 0 Å². The van der Waals surface area contributed by atoms with Crippen LogP contribution in [0.15, 0.2) is 12.1 Å². The first-order valence-corrected chi connectivity index (χ1v) is 5.83. The van der Waals surface area contributed by atoms with Crippen molar-refractivity contribution in [1.29, 1.82) is 0 Å². The van der Waals surface area contributed by atoms with Gasteiger partial charge in [0, 0.05) is 25.7 Å². The number of carbonyl (C=O) groups is 1. The Hall–Kier alpha value is -2.22. The number of anilines is 1. The third-order valence-corrected chi connectivity index (χ3v) is 3.06. The highest BCUT2D eigenvalue weighted by molar-refractivity contribution is 5.78. The number of pyridine rings is 1. The molecule has 1 saturated heterocycles. The highest BCUT2D eigenvalue weighted by atomic mass is 16.6. The summed E-state index contributed by atoms with van der Waals surface area (Å²) in [5.74, 6) is -0.484. The second kappa shape index (κ2) is 5.19. The van der Waals surface area contributed by atoms with Crippen molar-refractivity contribution in [2.75, 3.05) is 24.5 Å². The zero-order valence-electron chi connectivity index (χ0n) is 10.4. The average Bonchev–Trinajstić information content (AvgIpc) is 2.38. The predicted molar refractivity (Wildman–Crippen MR) is 67.3 cm³/mol. The number of nitro groups is 1. The second-order valence-electron chi connectivity index (χ2n) is 4.28. The molecule has 1 aromatic rings. The number of nitrogens with one attached hydrogen (secondary N) is 1. The number of hydrogen-bond acceptors (Lipinski definition) is 6. The molecule has 0 aliphatic carbocycles.